The van der Waals surface area contributed by atoms with Gasteiger partial charge in [0.25, 0.3) is 0 Å². The third kappa shape index (κ3) is 5.13. The average Bonchev–Trinajstić information content (AvgIpc) is 2.78. The zero-order valence-corrected chi connectivity index (χ0v) is 18.1. The van der Waals surface area contributed by atoms with Crippen molar-refractivity contribution in [2.24, 2.45) is 5.92 Å². The maximum absolute atomic E-state index is 12.4. The van der Waals surface area contributed by atoms with E-state index in [0.717, 1.165) is 56.9 Å². The molecule has 0 saturated carbocycles. The van der Waals surface area contributed by atoms with E-state index in [1.54, 1.807) is 0 Å². The van der Waals surface area contributed by atoms with Gasteiger partial charge >= 0.3 is 0 Å². The van der Waals surface area contributed by atoms with Gasteiger partial charge in [-0.3, -0.25) is 4.79 Å². The molecule has 0 spiro atoms. The van der Waals surface area contributed by atoms with E-state index in [1.807, 2.05) is 6.07 Å². The third-order valence-corrected chi connectivity index (χ3v) is 4.81. The number of piperidine rings is 1. The molecule has 4 heteroatoms. The molecule has 22 heavy (non-hydrogen) atoms. The second-order valence-corrected chi connectivity index (χ2v) is 6.35. The van der Waals surface area contributed by atoms with Crippen molar-refractivity contribution < 1.29 is 48.9 Å². The summed E-state index contributed by atoms with van der Waals surface area (Å²) < 4.78 is 0. The molecule has 0 amide bonds. The number of benzene rings is 1. The molecule has 3 rings (SSSR count). The zero-order valence-electron chi connectivity index (χ0n) is 13.3. The summed E-state index contributed by atoms with van der Waals surface area (Å²) in [7, 11) is 0. The summed E-state index contributed by atoms with van der Waals surface area (Å²) in [5.74, 6) is 1.03. The number of hydrogen-bond acceptors (Lipinski definition) is 2. The van der Waals surface area contributed by atoms with Crippen molar-refractivity contribution in [3.05, 3.63) is 40.2 Å². The van der Waals surface area contributed by atoms with Gasteiger partial charge in [-0.15, -0.1) is 13.1 Å². The molecule has 3 nitrogen and oxygen atoms in total. The van der Waals surface area contributed by atoms with Gasteiger partial charge in [-0.05, 0) is 56.3 Å². The molecule has 0 aliphatic carbocycles. The molecule has 0 atom stereocenters. The van der Waals surface area contributed by atoms with Gasteiger partial charge < -0.3 is 10.6 Å². The molecule has 0 aromatic heterocycles. The number of nitrogens with zero attached hydrogens (tertiary/aromatic N) is 1. The molecule has 1 saturated heterocycles. The van der Waals surface area contributed by atoms with Crippen molar-refractivity contribution in [3.8, 4) is 0 Å². The molecule has 1 fully saturated rings. The number of fused-ring (bicyclic) bond motifs is 1. The van der Waals surface area contributed by atoms with Crippen LogP contribution in [0.2, 0.25) is 0 Å². The summed E-state index contributed by atoms with van der Waals surface area (Å²) in [6.45, 7) is 3.96. The number of Topliss-reactive ketones (excluding diaryl/α,β-unsaturated/α-hetero) is 1. The minimum atomic E-state index is 0. The maximum Gasteiger partial charge on any atom is 0.162 e. The molecular weight excluding hydrogens is 487 g/mol. The minimum Gasteiger partial charge on any atom is -0.658 e. The molecule has 117 valence electrons. The Morgan fingerprint density at radius 3 is 2.86 bits per heavy atom. The molecule has 0 bridgehead atoms. The predicted octanol–water partition coefficient (Wildman–Crippen LogP) is 3.47. The van der Waals surface area contributed by atoms with E-state index in [9.17, 15) is 4.79 Å². The quantitative estimate of drug-likeness (QED) is 0.629. The number of ketones is 1. The van der Waals surface area contributed by atoms with Crippen LogP contribution in [0, 0.1) is 50.0 Å². The van der Waals surface area contributed by atoms with Crippen molar-refractivity contribution in [1.82, 2.24) is 5.32 Å². The summed E-state index contributed by atoms with van der Waals surface area (Å²) >= 11 is 0. The third-order valence-electron chi connectivity index (χ3n) is 4.81. The monoisotopic (exact) mass is 512 g/mol. The SMILES string of the molecule is O=C(CCC1CCNCC1)c1ccc2c(c1)C[N-]CCC2.[Ac]. The number of hydrogen-bond donors (Lipinski definition) is 1. The average molecular weight is 512 g/mol. The van der Waals surface area contributed by atoms with E-state index in [0.29, 0.717) is 12.2 Å². The van der Waals surface area contributed by atoms with Crippen LogP contribution in [0.3, 0.4) is 0 Å². The molecule has 0 unspecified atom stereocenters. The van der Waals surface area contributed by atoms with E-state index in [2.05, 4.69) is 22.8 Å². The zero-order chi connectivity index (χ0) is 14.5. The van der Waals surface area contributed by atoms with Crippen LogP contribution in [-0.2, 0) is 13.0 Å². The van der Waals surface area contributed by atoms with Crippen LogP contribution in [0.5, 0.6) is 0 Å². The van der Waals surface area contributed by atoms with Gasteiger partial charge in [0, 0.05) is 56.0 Å². The van der Waals surface area contributed by atoms with Gasteiger partial charge in [-0.1, -0.05) is 24.1 Å². The fourth-order valence-corrected chi connectivity index (χ4v) is 3.42. The van der Waals surface area contributed by atoms with E-state index in [1.165, 1.54) is 24.0 Å². The minimum absolute atomic E-state index is 0. The number of carbonyl (C=O) groups excluding carboxylic acids is 1. The number of carbonyl (C=O) groups is 1. The van der Waals surface area contributed by atoms with E-state index >= 15 is 0 Å². The molecule has 1 aromatic rings. The maximum atomic E-state index is 12.4. The largest absolute Gasteiger partial charge is 0.658 e. The van der Waals surface area contributed by atoms with Crippen LogP contribution in [0.4, 0.5) is 0 Å². The van der Waals surface area contributed by atoms with Crippen molar-refractivity contribution in [3.63, 3.8) is 0 Å². The predicted molar refractivity (Wildman–Crippen MR) is 85.9 cm³/mol. The first-order chi connectivity index (χ1) is 10.3. The van der Waals surface area contributed by atoms with Crippen molar-refractivity contribution in [1.29, 1.82) is 0 Å². The van der Waals surface area contributed by atoms with Crippen LogP contribution in [0.1, 0.15) is 53.6 Å². The van der Waals surface area contributed by atoms with Crippen LogP contribution < -0.4 is 5.32 Å². The first-order valence-electron chi connectivity index (χ1n) is 8.32. The molecule has 1 aromatic carbocycles. The molecule has 2 aliphatic heterocycles. The Kier molecular flexibility index (Phi) is 8.05. The molecule has 2 aliphatic rings. The standard InChI is InChI=1S/C18H25N2O.Ac/c21-18(6-3-14-7-10-19-11-8-14)16-5-4-15-2-1-9-20-13-17(15)12-16;/h4-5,12,14,19H,1-3,6-11,13H2;/q-1;. The Balaban J connectivity index is 0.00000176. The Hall–Kier alpha value is 0.252. The molecule has 1 radical (unpaired) electrons. The van der Waals surface area contributed by atoms with Crippen molar-refractivity contribution >= 4 is 5.78 Å². The van der Waals surface area contributed by atoms with Gasteiger partial charge in [0.2, 0.25) is 0 Å². The van der Waals surface area contributed by atoms with Gasteiger partial charge in [-0.2, -0.15) is 0 Å². The van der Waals surface area contributed by atoms with Crippen molar-refractivity contribution in [2.75, 3.05) is 19.6 Å². The van der Waals surface area contributed by atoms with Gasteiger partial charge in [0.05, 0.1) is 0 Å². The Bertz CT molecular complexity index is 498. The van der Waals surface area contributed by atoms with Crippen molar-refractivity contribution in [2.45, 2.75) is 45.1 Å². The van der Waals surface area contributed by atoms with E-state index in [-0.39, 0.29) is 44.1 Å². The number of rotatable bonds is 4. The van der Waals surface area contributed by atoms with Gasteiger partial charge in [0.15, 0.2) is 5.78 Å². The molecule has 1 N–H and O–H groups in total. The Morgan fingerprint density at radius 2 is 2.05 bits per heavy atom. The second-order valence-electron chi connectivity index (χ2n) is 6.35. The Labute approximate surface area is 169 Å². The summed E-state index contributed by atoms with van der Waals surface area (Å²) in [6.07, 6.45) is 6.41. The van der Waals surface area contributed by atoms with Crippen LogP contribution in [-0.4, -0.2) is 25.4 Å². The molecule has 2 heterocycles. The van der Waals surface area contributed by atoms with Crippen LogP contribution >= 0.6 is 0 Å². The van der Waals surface area contributed by atoms with Crippen LogP contribution in [0.25, 0.3) is 5.32 Å². The number of aryl methyl sites for hydroxylation is 1. The summed E-state index contributed by atoms with van der Waals surface area (Å²) in [6, 6.07) is 6.26. The summed E-state index contributed by atoms with van der Waals surface area (Å²) in [5, 5.41) is 7.89. The van der Waals surface area contributed by atoms with Gasteiger partial charge in [-0.25, -0.2) is 0 Å². The van der Waals surface area contributed by atoms with Gasteiger partial charge in [0.1, 0.15) is 0 Å². The van der Waals surface area contributed by atoms with E-state index in [4.69, 9.17) is 0 Å². The molecular formula is C18H25AcN2O-. The summed E-state index contributed by atoms with van der Waals surface area (Å²) in [5.41, 5.74) is 3.53. The normalized spacial score (nSPS) is 18.9. The topological polar surface area (TPSA) is 43.2 Å². The fourth-order valence-electron chi connectivity index (χ4n) is 3.42. The summed E-state index contributed by atoms with van der Waals surface area (Å²) in [4.78, 5) is 12.4. The second kappa shape index (κ2) is 9.52. The first kappa shape index (κ1) is 18.6. The van der Waals surface area contributed by atoms with Crippen LogP contribution in [0.15, 0.2) is 18.2 Å². The number of nitrogens with one attached hydrogen (secondary N) is 1. The Morgan fingerprint density at radius 1 is 1.23 bits per heavy atom. The fraction of sp³-hybridized carbons (Fsp3) is 0.611. The smallest absolute Gasteiger partial charge is 0.162 e. The first-order valence-corrected chi connectivity index (χ1v) is 8.32. The van der Waals surface area contributed by atoms with E-state index < -0.39 is 0 Å².